The van der Waals surface area contributed by atoms with Gasteiger partial charge in [-0.2, -0.15) is 0 Å². The Kier molecular flexibility index (Phi) is 4.46. The number of likely N-dealkylation sites (tertiary alicyclic amines) is 1. The third kappa shape index (κ3) is 3.20. The molecule has 1 aliphatic rings. The van der Waals surface area contributed by atoms with Crippen molar-refractivity contribution in [2.45, 2.75) is 18.9 Å². The number of imidazole rings is 1. The first-order chi connectivity index (χ1) is 14.6. The second kappa shape index (κ2) is 7.29. The molecule has 152 valence electrons. The molecule has 30 heavy (non-hydrogen) atoms. The quantitative estimate of drug-likeness (QED) is 0.545. The van der Waals surface area contributed by atoms with E-state index in [1.807, 2.05) is 24.3 Å². The van der Waals surface area contributed by atoms with Gasteiger partial charge in [-0.15, -0.1) is 0 Å². The van der Waals surface area contributed by atoms with E-state index in [0.29, 0.717) is 29.2 Å². The van der Waals surface area contributed by atoms with E-state index in [-0.39, 0.29) is 23.5 Å². The number of hydrogen-bond acceptors (Lipinski definition) is 5. The third-order valence-electron chi connectivity index (χ3n) is 5.40. The maximum Gasteiger partial charge on any atom is 0.276 e. The number of nitrogens with zero attached hydrogens (tertiary/aromatic N) is 3. The molecule has 0 spiro atoms. The highest BCUT2D eigenvalue weighted by Crippen LogP contribution is 2.33. The number of fused-ring (bicyclic) bond motifs is 1. The van der Waals surface area contributed by atoms with E-state index < -0.39 is 0 Å². The van der Waals surface area contributed by atoms with E-state index in [9.17, 15) is 9.18 Å². The van der Waals surface area contributed by atoms with Crippen molar-refractivity contribution >= 4 is 16.9 Å². The van der Waals surface area contributed by atoms with Crippen LogP contribution in [0.5, 0.6) is 5.75 Å². The molecule has 1 N–H and O–H groups in total. The average Bonchev–Trinajstić information content (AvgIpc) is 3.51. The van der Waals surface area contributed by atoms with Gasteiger partial charge in [-0.3, -0.25) is 4.79 Å². The Labute approximate surface area is 171 Å². The largest absolute Gasteiger partial charge is 0.497 e. The number of carbonyl (C=O) groups is 1. The fourth-order valence-corrected chi connectivity index (χ4v) is 3.87. The number of halogens is 1. The van der Waals surface area contributed by atoms with E-state index in [1.165, 1.54) is 12.1 Å². The predicted molar refractivity (Wildman–Crippen MR) is 108 cm³/mol. The molecule has 7 nitrogen and oxygen atoms in total. The minimum absolute atomic E-state index is 0.214. The summed E-state index contributed by atoms with van der Waals surface area (Å²) < 4.78 is 24.1. The van der Waals surface area contributed by atoms with Gasteiger partial charge in [-0.05, 0) is 55.3 Å². The van der Waals surface area contributed by atoms with Crippen molar-refractivity contribution in [1.29, 1.82) is 0 Å². The van der Waals surface area contributed by atoms with Crippen LogP contribution < -0.4 is 4.74 Å². The topological polar surface area (TPSA) is 84.2 Å². The Morgan fingerprint density at radius 2 is 2.07 bits per heavy atom. The molecule has 1 amide bonds. The molecular weight excluding hydrogens is 387 g/mol. The first-order valence-corrected chi connectivity index (χ1v) is 9.69. The van der Waals surface area contributed by atoms with Crippen LogP contribution in [0.25, 0.3) is 22.4 Å². The molecule has 1 unspecified atom stereocenters. The number of H-pyrrole nitrogens is 1. The Balaban J connectivity index is 1.40. The number of ether oxygens (including phenoxy) is 1. The number of carbonyl (C=O) groups excluding carboxylic acids is 1. The molecule has 0 radical (unpaired) electrons. The zero-order valence-corrected chi connectivity index (χ0v) is 16.3. The minimum Gasteiger partial charge on any atom is -0.497 e. The normalized spacial score (nSPS) is 16.3. The van der Waals surface area contributed by atoms with Crippen LogP contribution in [0.3, 0.4) is 0 Å². The lowest BCUT2D eigenvalue weighted by Gasteiger charge is -2.21. The van der Waals surface area contributed by atoms with Crippen molar-refractivity contribution in [2.75, 3.05) is 13.7 Å². The van der Waals surface area contributed by atoms with Crippen LogP contribution in [-0.4, -0.2) is 39.6 Å². The van der Waals surface area contributed by atoms with Crippen LogP contribution >= 0.6 is 0 Å². The molecular formula is C22H19FN4O3. The van der Waals surface area contributed by atoms with Crippen LogP contribution in [0, 0.1) is 5.82 Å². The number of amides is 1. The van der Waals surface area contributed by atoms with Gasteiger partial charge >= 0.3 is 0 Å². The van der Waals surface area contributed by atoms with Crippen molar-refractivity contribution in [1.82, 2.24) is 20.0 Å². The highest BCUT2D eigenvalue weighted by atomic mass is 19.1. The zero-order chi connectivity index (χ0) is 20.7. The lowest BCUT2D eigenvalue weighted by Crippen LogP contribution is -2.31. The number of aromatic amines is 1. The van der Waals surface area contributed by atoms with Crippen LogP contribution in [0.4, 0.5) is 4.39 Å². The number of rotatable bonds is 4. The molecule has 2 aromatic heterocycles. The molecule has 1 aliphatic heterocycles. The minimum atomic E-state index is -0.328. The molecule has 3 heterocycles. The lowest BCUT2D eigenvalue weighted by atomic mass is 10.1. The molecule has 8 heteroatoms. The van der Waals surface area contributed by atoms with Gasteiger partial charge in [-0.25, -0.2) is 9.37 Å². The summed E-state index contributed by atoms with van der Waals surface area (Å²) in [5, 5.41) is 3.98. The summed E-state index contributed by atoms with van der Waals surface area (Å²) in [6.07, 6.45) is 1.63. The summed E-state index contributed by atoms with van der Waals surface area (Å²) in [5.41, 5.74) is 2.34. The smallest absolute Gasteiger partial charge is 0.276 e. The fraction of sp³-hybridized carbons (Fsp3) is 0.227. The number of nitrogens with one attached hydrogen (secondary N) is 1. The summed E-state index contributed by atoms with van der Waals surface area (Å²) >= 11 is 0. The van der Waals surface area contributed by atoms with Crippen molar-refractivity contribution in [3.05, 3.63) is 65.9 Å². The molecule has 0 aliphatic carbocycles. The van der Waals surface area contributed by atoms with Gasteiger partial charge < -0.3 is 19.1 Å². The average molecular weight is 406 g/mol. The Hall–Kier alpha value is -3.68. The van der Waals surface area contributed by atoms with Crippen molar-refractivity contribution < 1.29 is 18.4 Å². The Bertz CT molecular complexity index is 1210. The molecule has 4 aromatic rings. The van der Waals surface area contributed by atoms with Gasteiger partial charge in [0.05, 0.1) is 24.2 Å². The zero-order valence-electron chi connectivity index (χ0n) is 16.3. The van der Waals surface area contributed by atoms with Crippen molar-refractivity contribution in [3.63, 3.8) is 0 Å². The SMILES string of the molecule is COc1ccc(-c2cc(C(=O)N3CCCC3c3nc4ccc(F)cc4[nH]3)no2)cc1. The molecule has 2 aromatic carbocycles. The van der Waals surface area contributed by atoms with Gasteiger partial charge in [0.1, 0.15) is 17.4 Å². The maximum absolute atomic E-state index is 13.5. The highest BCUT2D eigenvalue weighted by molar-refractivity contribution is 5.93. The third-order valence-corrected chi connectivity index (χ3v) is 5.40. The number of methoxy groups -OCH3 is 1. The van der Waals surface area contributed by atoms with Crippen LogP contribution in [-0.2, 0) is 0 Å². The van der Waals surface area contributed by atoms with E-state index >= 15 is 0 Å². The second-order valence-corrected chi connectivity index (χ2v) is 7.24. The standard InChI is InChI=1S/C22H19FN4O3/c1-29-15-7-4-13(5-8-15)20-12-18(26-30-20)22(28)27-10-2-3-19(27)21-24-16-9-6-14(23)11-17(16)25-21/h4-9,11-12,19H,2-3,10H2,1H3,(H,24,25). The Morgan fingerprint density at radius 3 is 2.87 bits per heavy atom. The van der Waals surface area contributed by atoms with Gasteiger partial charge in [0.15, 0.2) is 11.5 Å². The van der Waals surface area contributed by atoms with Crippen LogP contribution in [0.1, 0.15) is 35.2 Å². The monoisotopic (exact) mass is 406 g/mol. The first kappa shape index (κ1) is 18.4. The maximum atomic E-state index is 13.5. The van der Waals surface area contributed by atoms with E-state index in [1.54, 1.807) is 24.1 Å². The summed E-state index contributed by atoms with van der Waals surface area (Å²) in [6, 6.07) is 13.2. The lowest BCUT2D eigenvalue weighted by molar-refractivity contribution is 0.0720. The molecule has 1 fully saturated rings. The summed E-state index contributed by atoms with van der Waals surface area (Å²) in [5.74, 6) is 1.36. The predicted octanol–water partition coefficient (Wildman–Crippen LogP) is 4.34. The van der Waals surface area contributed by atoms with Crippen molar-refractivity contribution in [3.8, 4) is 17.1 Å². The number of benzene rings is 2. The summed E-state index contributed by atoms with van der Waals surface area (Å²) in [7, 11) is 1.60. The van der Waals surface area contributed by atoms with Gasteiger partial charge in [0.2, 0.25) is 0 Å². The Morgan fingerprint density at radius 1 is 1.23 bits per heavy atom. The highest BCUT2D eigenvalue weighted by Gasteiger charge is 2.34. The van der Waals surface area contributed by atoms with Crippen LogP contribution in [0.15, 0.2) is 53.1 Å². The molecule has 5 rings (SSSR count). The van der Waals surface area contributed by atoms with E-state index in [0.717, 1.165) is 24.2 Å². The number of aromatic nitrogens is 3. The second-order valence-electron chi connectivity index (χ2n) is 7.24. The fourth-order valence-electron chi connectivity index (χ4n) is 3.87. The first-order valence-electron chi connectivity index (χ1n) is 9.69. The van der Waals surface area contributed by atoms with Gasteiger partial charge in [0.25, 0.3) is 5.91 Å². The summed E-state index contributed by atoms with van der Waals surface area (Å²) in [6.45, 7) is 0.597. The molecule has 0 saturated carbocycles. The number of hydrogen-bond donors (Lipinski definition) is 1. The van der Waals surface area contributed by atoms with E-state index in [4.69, 9.17) is 9.26 Å². The van der Waals surface area contributed by atoms with Gasteiger partial charge in [-0.1, -0.05) is 5.16 Å². The molecule has 1 saturated heterocycles. The van der Waals surface area contributed by atoms with E-state index in [2.05, 4.69) is 15.1 Å². The van der Waals surface area contributed by atoms with Crippen molar-refractivity contribution in [2.24, 2.45) is 0 Å². The molecule has 0 bridgehead atoms. The van der Waals surface area contributed by atoms with Crippen LogP contribution in [0.2, 0.25) is 0 Å². The van der Waals surface area contributed by atoms with Gasteiger partial charge in [0, 0.05) is 18.2 Å². The summed E-state index contributed by atoms with van der Waals surface area (Å²) in [4.78, 5) is 22.6. The molecule has 1 atom stereocenters.